The Morgan fingerprint density at radius 1 is 0.880 bits per heavy atom. The molecule has 0 amide bonds. The van der Waals surface area contributed by atoms with Gasteiger partial charge in [0.05, 0.1) is 13.2 Å². The third-order valence-electron chi connectivity index (χ3n) is 5.77. The number of nitrogens with one attached hydrogen (secondary N) is 1. The van der Waals surface area contributed by atoms with Crippen molar-refractivity contribution in [1.29, 1.82) is 0 Å². The average Bonchev–Trinajstić information content (AvgIpc) is 3.07. The first-order chi connectivity index (χ1) is 12.3. The van der Waals surface area contributed by atoms with E-state index < -0.39 is 0 Å². The number of rotatable bonds is 2. The Labute approximate surface area is 148 Å². The fourth-order valence-electron chi connectivity index (χ4n) is 4.66. The molecule has 0 radical (unpaired) electrons. The molecule has 3 atom stereocenters. The van der Waals surface area contributed by atoms with E-state index in [9.17, 15) is 0 Å². The Balaban J connectivity index is 1.69. The highest BCUT2D eigenvalue weighted by atomic mass is 16.5. The Morgan fingerprint density at radius 3 is 2.52 bits per heavy atom. The normalized spacial score (nSPS) is 23.2. The van der Waals surface area contributed by atoms with E-state index in [1.54, 1.807) is 7.11 Å². The molecule has 2 nitrogen and oxygen atoms in total. The molecule has 0 fully saturated rings. The summed E-state index contributed by atoms with van der Waals surface area (Å²) in [5.74, 6) is 1.88. The lowest BCUT2D eigenvalue weighted by Crippen LogP contribution is -2.30. The van der Waals surface area contributed by atoms with Crippen LogP contribution < -0.4 is 10.1 Å². The van der Waals surface area contributed by atoms with Crippen molar-refractivity contribution in [2.24, 2.45) is 5.92 Å². The van der Waals surface area contributed by atoms with Crippen LogP contribution in [0.3, 0.4) is 0 Å². The lowest BCUT2D eigenvalue weighted by atomic mass is 9.75. The van der Waals surface area contributed by atoms with Gasteiger partial charge in [0.15, 0.2) is 0 Å². The standard InChI is InChI=1S/C23H21NO/c1-25-17-11-12-21-19(14-17)22-18-10-6-5-9-16(18)13-20(22)23(24-21)15-7-3-2-4-8-15/h2-12,14,20,22-24H,13H2,1H3/t20-,22-,23-/m1/s1. The highest BCUT2D eigenvalue weighted by Gasteiger charge is 2.43. The van der Waals surface area contributed by atoms with Crippen molar-refractivity contribution in [2.45, 2.75) is 18.4 Å². The van der Waals surface area contributed by atoms with Gasteiger partial charge in [-0.1, -0.05) is 54.6 Å². The Hall–Kier alpha value is -2.74. The molecule has 0 unspecified atom stereocenters. The van der Waals surface area contributed by atoms with Crippen LogP contribution in [0.4, 0.5) is 5.69 Å². The summed E-state index contributed by atoms with van der Waals surface area (Å²) < 4.78 is 5.50. The first-order valence-electron chi connectivity index (χ1n) is 8.92. The second-order valence-electron chi connectivity index (χ2n) is 7.03. The molecule has 0 bridgehead atoms. The van der Waals surface area contributed by atoms with Crippen LogP contribution in [0.15, 0.2) is 72.8 Å². The third-order valence-corrected chi connectivity index (χ3v) is 5.77. The molecule has 0 saturated carbocycles. The molecule has 0 aromatic heterocycles. The van der Waals surface area contributed by atoms with E-state index in [0.29, 0.717) is 17.9 Å². The van der Waals surface area contributed by atoms with Crippen molar-refractivity contribution in [3.8, 4) is 5.75 Å². The van der Waals surface area contributed by atoms with Gasteiger partial charge in [-0.05, 0) is 52.8 Å². The summed E-state index contributed by atoms with van der Waals surface area (Å²) in [6.45, 7) is 0. The first-order valence-corrected chi connectivity index (χ1v) is 8.92. The minimum atomic E-state index is 0.333. The average molecular weight is 327 g/mol. The first kappa shape index (κ1) is 14.6. The Kier molecular flexibility index (Phi) is 3.30. The van der Waals surface area contributed by atoms with Gasteiger partial charge in [-0.15, -0.1) is 0 Å². The summed E-state index contributed by atoms with van der Waals surface area (Å²) in [4.78, 5) is 0. The second kappa shape index (κ2) is 5.66. The van der Waals surface area contributed by atoms with Crippen LogP contribution in [-0.2, 0) is 6.42 Å². The zero-order chi connectivity index (χ0) is 16.8. The van der Waals surface area contributed by atoms with Gasteiger partial charge in [0.25, 0.3) is 0 Å². The molecule has 2 aliphatic rings. The number of hydrogen-bond donors (Lipinski definition) is 1. The van der Waals surface area contributed by atoms with Gasteiger partial charge in [-0.3, -0.25) is 0 Å². The highest BCUT2D eigenvalue weighted by Crippen LogP contribution is 2.54. The summed E-state index contributed by atoms with van der Waals surface area (Å²) in [5.41, 5.74) is 6.92. The number of benzene rings is 3. The van der Waals surface area contributed by atoms with Gasteiger partial charge in [-0.25, -0.2) is 0 Å². The van der Waals surface area contributed by atoms with E-state index in [1.165, 1.54) is 27.9 Å². The smallest absolute Gasteiger partial charge is 0.119 e. The van der Waals surface area contributed by atoms with E-state index >= 15 is 0 Å². The molecule has 2 heteroatoms. The predicted molar refractivity (Wildman–Crippen MR) is 101 cm³/mol. The quantitative estimate of drug-likeness (QED) is 0.701. The summed E-state index contributed by atoms with van der Waals surface area (Å²) in [7, 11) is 1.74. The number of anilines is 1. The SMILES string of the molecule is COc1ccc2c(c1)[C@H]1c3ccccc3C[C@H]1[C@@H](c1ccccc1)N2. The van der Waals surface area contributed by atoms with Crippen molar-refractivity contribution in [1.82, 2.24) is 0 Å². The molecule has 0 saturated heterocycles. The molecular formula is C23H21NO. The molecule has 0 spiro atoms. The van der Waals surface area contributed by atoms with Crippen molar-refractivity contribution in [3.63, 3.8) is 0 Å². The second-order valence-corrected chi connectivity index (χ2v) is 7.03. The van der Waals surface area contributed by atoms with E-state index in [4.69, 9.17) is 4.74 Å². The van der Waals surface area contributed by atoms with E-state index in [-0.39, 0.29) is 0 Å². The van der Waals surface area contributed by atoms with Crippen LogP contribution in [0, 0.1) is 5.92 Å². The fraction of sp³-hybridized carbons (Fsp3) is 0.217. The summed E-state index contributed by atoms with van der Waals surface area (Å²) in [6, 6.07) is 26.5. The maximum Gasteiger partial charge on any atom is 0.119 e. The topological polar surface area (TPSA) is 21.3 Å². The van der Waals surface area contributed by atoms with Crippen molar-refractivity contribution < 1.29 is 4.74 Å². The maximum absolute atomic E-state index is 5.50. The van der Waals surface area contributed by atoms with Crippen LogP contribution in [0.1, 0.15) is 34.2 Å². The van der Waals surface area contributed by atoms with Crippen LogP contribution in [0.25, 0.3) is 0 Å². The summed E-state index contributed by atoms with van der Waals surface area (Å²) in [5, 5.41) is 3.82. The Bertz CT molecular complexity index is 918. The predicted octanol–water partition coefficient (Wildman–Crippen LogP) is 5.17. The summed E-state index contributed by atoms with van der Waals surface area (Å²) >= 11 is 0. The van der Waals surface area contributed by atoms with Gasteiger partial charge in [0.1, 0.15) is 5.75 Å². The molecule has 1 aliphatic carbocycles. The molecule has 1 aliphatic heterocycles. The lowest BCUT2D eigenvalue weighted by molar-refractivity contribution is 0.404. The molecule has 3 aromatic carbocycles. The highest BCUT2D eigenvalue weighted by molar-refractivity contribution is 5.64. The van der Waals surface area contributed by atoms with Gasteiger partial charge in [-0.2, -0.15) is 0 Å². The maximum atomic E-state index is 5.50. The molecule has 25 heavy (non-hydrogen) atoms. The van der Waals surface area contributed by atoms with Crippen LogP contribution in [0.5, 0.6) is 5.75 Å². The largest absolute Gasteiger partial charge is 0.497 e. The van der Waals surface area contributed by atoms with Crippen molar-refractivity contribution in [3.05, 3.63) is 95.1 Å². The number of ether oxygens (including phenoxy) is 1. The molecular weight excluding hydrogens is 306 g/mol. The van der Waals surface area contributed by atoms with Gasteiger partial charge in [0.2, 0.25) is 0 Å². The van der Waals surface area contributed by atoms with Crippen LogP contribution >= 0.6 is 0 Å². The van der Waals surface area contributed by atoms with Crippen molar-refractivity contribution in [2.75, 3.05) is 12.4 Å². The van der Waals surface area contributed by atoms with Crippen molar-refractivity contribution >= 4 is 5.69 Å². The minimum Gasteiger partial charge on any atom is -0.497 e. The zero-order valence-corrected chi connectivity index (χ0v) is 14.3. The number of methoxy groups -OCH3 is 1. The van der Waals surface area contributed by atoms with Gasteiger partial charge >= 0.3 is 0 Å². The zero-order valence-electron chi connectivity index (χ0n) is 14.3. The Morgan fingerprint density at radius 2 is 1.68 bits per heavy atom. The molecule has 1 heterocycles. The van der Waals surface area contributed by atoms with Crippen LogP contribution in [-0.4, -0.2) is 7.11 Å². The van der Waals surface area contributed by atoms with Gasteiger partial charge < -0.3 is 10.1 Å². The molecule has 5 rings (SSSR count). The van der Waals surface area contributed by atoms with E-state index in [0.717, 1.165) is 12.2 Å². The fourth-order valence-corrected chi connectivity index (χ4v) is 4.66. The monoisotopic (exact) mass is 327 g/mol. The van der Waals surface area contributed by atoms with Crippen LogP contribution in [0.2, 0.25) is 0 Å². The molecule has 1 N–H and O–H groups in total. The third kappa shape index (κ3) is 2.25. The van der Waals surface area contributed by atoms with E-state index in [2.05, 4.69) is 78.1 Å². The van der Waals surface area contributed by atoms with Gasteiger partial charge in [0, 0.05) is 11.6 Å². The number of fused-ring (bicyclic) bond motifs is 5. The summed E-state index contributed by atoms with van der Waals surface area (Å²) in [6.07, 6.45) is 1.12. The number of hydrogen-bond acceptors (Lipinski definition) is 2. The van der Waals surface area contributed by atoms with E-state index in [1.807, 2.05) is 0 Å². The molecule has 3 aromatic rings. The lowest BCUT2D eigenvalue weighted by Gasteiger charge is -2.38. The molecule has 124 valence electrons. The minimum absolute atomic E-state index is 0.333.